The van der Waals surface area contributed by atoms with Crippen molar-refractivity contribution in [1.29, 1.82) is 0 Å². The molecule has 138 valence electrons. The van der Waals surface area contributed by atoms with Crippen LogP contribution in [0.4, 0.5) is 0 Å². The number of pyridine rings is 1. The summed E-state index contributed by atoms with van der Waals surface area (Å²) in [6, 6.07) is 9.40. The minimum atomic E-state index is -1.35. The van der Waals surface area contributed by atoms with Gasteiger partial charge in [0.05, 0.1) is 45.4 Å². The number of ether oxygens (including phenoxy) is 1. The average molecular weight is 401 g/mol. The molecule has 0 aliphatic carbocycles. The van der Waals surface area contributed by atoms with E-state index in [0.29, 0.717) is 10.2 Å². The zero-order chi connectivity index (χ0) is 19.0. The fourth-order valence-corrected chi connectivity index (χ4v) is 4.15. The van der Waals surface area contributed by atoms with Crippen molar-refractivity contribution >= 4 is 33.4 Å². The number of nitrogens with one attached hydrogen (secondary N) is 1. The summed E-state index contributed by atoms with van der Waals surface area (Å²) >= 11 is 5.99. The lowest BCUT2D eigenvalue weighted by Gasteiger charge is -2.08. The van der Waals surface area contributed by atoms with Gasteiger partial charge in [-0.25, -0.2) is 4.98 Å². The molecule has 6 nitrogen and oxygen atoms in total. The van der Waals surface area contributed by atoms with Crippen LogP contribution < -0.4 is 4.74 Å². The lowest BCUT2D eigenvalue weighted by Crippen LogP contribution is -2.03. The molecule has 3 aromatic heterocycles. The molecule has 0 aliphatic heterocycles. The Morgan fingerprint density at radius 1 is 1.30 bits per heavy atom. The predicted molar refractivity (Wildman–Crippen MR) is 106 cm³/mol. The second-order valence-electron chi connectivity index (χ2n) is 6.06. The summed E-state index contributed by atoms with van der Waals surface area (Å²) in [5.41, 5.74) is 4.14. The van der Waals surface area contributed by atoms with E-state index >= 15 is 0 Å². The number of fused-ring (bicyclic) bond motifs is 1. The Morgan fingerprint density at radius 2 is 2.15 bits per heavy atom. The number of aromatic amines is 1. The van der Waals surface area contributed by atoms with Crippen LogP contribution in [0.2, 0.25) is 5.02 Å². The number of H-pyrrole nitrogens is 1. The third-order valence-corrected chi connectivity index (χ3v) is 5.74. The highest BCUT2D eigenvalue weighted by molar-refractivity contribution is 7.84. The van der Waals surface area contributed by atoms with Crippen molar-refractivity contribution in [1.82, 2.24) is 19.5 Å². The number of benzene rings is 1. The van der Waals surface area contributed by atoms with Gasteiger partial charge in [-0.2, -0.15) is 0 Å². The lowest BCUT2D eigenvalue weighted by molar-refractivity contribution is 0.410. The Morgan fingerprint density at radius 3 is 2.89 bits per heavy atom. The normalized spacial score (nSPS) is 12.4. The van der Waals surface area contributed by atoms with Crippen LogP contribution in [0.5, 0.6) is 5.75 Å². The first-order valence-corrected chi connectivity index (χ1v) is 9.95. The van der Waals surface area contributed by atoms with Crippen LogP contribution in [-0.2, 0) is 16.6 Å². The number of imidazole rings is 1. The molecule has 1 N–H and O–H groups in total. The third kappa shape index (κ3) is 3.48. The SMILES string of the molecule is COc1ccnc(CS(=O)c2nc3ccc(-n4ccc(Cl)c4)cc3[nH]2)c1C. The first kappa shape index (κ1) is 17.8. The number of hydrogen-bond donors (Lipinski definition) is 1. The monoisotopic (exact) mass is 400 g/mol. The molecule has 0 amide bonds. The van der Waals surface area contributed by atoms with Crippen LogP contribution in [0.25, 0.3) is 16.7 Å². The van der Waals surface area contributed by atoms with E-state index in [0.717, 1.165) is 33.7 Å². The molecule has 4 aromatic rings. The minimum Gasteiger partial charge on any atom is -0.496 e. The van der Waals surface area contributed by atoms with Gasteiger partial charge in [-0.1, -0.05) is 11.6 Å². The number of nitrogens with zero attached hydrogens (tertiary/aromatic N) is 3. The van der Waals surface area contributed by atoms with Gasteiger partial charge >= 0.3 is 0 Å². The van der Waals surface area contributed by atoms with Gasteiger partial charge in [-0.05, 0) is 37.3 Å². The quantitative estimate of drug-likeness (QED) is 0.549. The molecule has 8 heteroatoms. The maximum atomic E-state index is 12.8. The number of methoxy groups -OCH3 is 1. The van der Waals surface area contributed by atoms with Gasteiger partial charge in [-0.15, -0.1) is 0 Å². The highest BCUT2D eigenvalue weighted by Gasteiger charge is 2.15. The largest absolute Gasteiger partial charge is 0.496 e. The number of halogens is 1. The summed E-state index contributed by atoms with van der Waals surface area (Å²) in [5, 5.41) is 1.10. The molecule has 0 spiro atoms. The second-order valence-corrected chi connectivity index (χ2v) is 7.86. The Balaban J connectivity index is 1.63. The molecule has 0 radical (unpaired) electrons. The molecule has 1 unspecified atom stereocenters. The van der Waals surface area contributed by atoms with E-state index in [1.54, 1.807) is 19.4 Å². The molecule has 1 aromatic carbocycles. The van der Waals surface area contributed by atoms with Gasteiger partial charge in [0, 0.05) is 29.8 Å². The van der Waals surface area contributed by atoms with Crippen molar-refractivity contribution in [3.05, 3.63) is 65.2 Å². The Kier molecular flexibility index (Phi) is 4.72. The first-order valence-electron chi connectivity index (χ1n) is 8.25. The van der Waals surface area contributed by atoms with E-state index in [-0.39, 0.29) is 5.75 Å². The number of aromatic nitrogens is 4. The van der Waals surface area contributed by atoms with Gasteiger partial charge in [0.1, 0.15) is 5.75 Å². The van der Waals surface area contributed by atoms with E-state index in [2.05, 4.69) is 15.0 Å². The topological polar surface area (TPSA) is 72.8 Å². The standard InChI is InChI=1S/C19H17ClN4O2S/c1-12-17(21-7-5-18(12)26-2)11-27(25)19-22-15-4-3-14(9-16(15)23-19)24-8-6-13(20)10-24/h3-10H,11H2,1-2H3,(H,22,23). The molecule has 0 saturated heterocycles. The fraction of sp³-hybridized carbons (Fsp3) is 0.158. The van der Waals surface area contributed by atoms with Crippen LogP contribution in [-0.4, -0.2) is 30.8 Å². The maximum absolute atomic E-state index is 12.8. The molecule has 0 saturated carbocycles. The van der Waals surface area contributed by atoms with Crippen LogP contribution in [0.3, 0.4) is 0 Å². The molecule has 4 rings (SSSR count). The molecule has 0 aliphatic rings. The van der Waals surface area contributed by atoms with E-state index < -0.39 is 10.8 Å². The fourth-order valence-electron chi connectivity index (χ4n) is 2.89. The number of rotatable bonds is 5. The molecular weight excluding hydrogens is 384 g/mol. The van der Waals surface area contributed by atoms with Crippen LogP contribution >= 0.6 is 11.6 Å². The summed E-state index contributed by atoms with van der Waals surface area (Å²) in [4.78, 5) is 12.0. The van der Waals surface area contributed by atoms with Crippen molar-refractivity contribution in [3.8, 4) is 11.4 Å². The molecule has 0 fully saturated rings. The number of hydrogen-bond acceptors (Lipinski definition) is 4. The van der Waals surface area contributed by atoms with Gasteiger partial charge in [-0.3, -0.25) is 9.19 Å². The van der Waals surface area contributed by atoms with Gasteiger partial charge in [0.25, 0.3) is 0 Å². The maximum Gasteiger partial charge on any atom is 0.197 e. The van der Waals surface area contributed by atoms with E-state index in [9.17, 15) is 4.21 Å². The second kappa shape index (κ2) is 7.17. The average Bonchev–Trinajstić information content (AvgIpc) is 3.29. The summed E-state index contributed by atoms with van der Waals surface area (Å²) in [6.45, 7) is 1.91. The molecule has 0 bridgehead atoms. The highest BCUT2D eigenvalue weighted by Crippen LogP contribution is 2.23. The Bertz CT molecular complexity index is 1150. The van der Waals surface area contributed by atoms with Crippen molar-refractivity contribution < 1.29 is 8.95 Å². The minimum absolute atomic E-state index is 0.267. The van der Waals surface area contributed by atoms with Crippen LogP contribution in [0, 0.1) is 6.92 Å². The first-order chi connectivity index (χ1) is 13.0. The van der Waals surface area contributed by atoms with Crippen molar-refractivity contribution in [2.75, 3.05) is 7.11 Å². The summed E-state index contributed by atoms with van der Waals surface area (Å²) in [5.74, 6) is 1.000. The summed E-state index contributed by atoms with van der Waals surface area (Å²) < 4.78 is 20.0. The van der Waals surface area contributed by atoms with Crippen molar-refractivity contribution in [2.45, 2.75) is 17.8 Å². The zero-order valence-electron chi connectivity index (χ0n) is 14.8. The van der Waals surface area contributed by atoms with Crippen molar-refractivity contribution in [3.63, 3.8) is 0 Å². The van der Waals surface area contributed by atoms with E-state index in [1.165, 1.54) is 0 Å². The van der Waals surface area contributed by atoms with E-state index in [1.807, 2.05) is 48.1 Å². The van der Waals surface area contributed by atoms with Crippen LogP contribution in [0.15, 0.2) is 54.1 Å². The summed E-state index contributed by atoms with van der Waals surface area (Å²) in [6.07, 6.45) is 5.37. The molecule has 3 heterocycles. The smallest absolute Gasteiger partial charge is 0.197 e. The molecule has 27 heavy (non-hydrogen) atoms. The lowest BCUT2D eigenvalue weighted by atomic mass is 10.2. The predicted octanol–water partition coefficient (Wildman–Crippen LogP) is 4.03. The van der Waals surface area contributed by atoms with E-state index in [4.69, 9.17) is 16.3 Å². The van der Waals surface area contributed by atoms with Gasteiger partial charge in [0.15, 0.2) is 5.16 Å². The zero-order valence-corrected chi connectivity index (χ0v) is 16.3. The van der Waals surface area contributed by atoms with Crippen LogP contribution in [0.1, 0.15) is 11.3 Å². The van der Waals surface area contributed by atoms with Gasteiger partial charge < -0.3 is 14.3 Å². The molecule has 1 atom stereocenters. The Hall–Kier alpha value is -2.64. The summed E-state index contributed by atoms with van der Waals surface area (Å²) in [7, 11) is 0.262. The van der Waals surface area contributed by atoms with Gasteiger partial charge in [0.2, 0.25) is 0 Å². The third-order valence-electron chi connectivity index (χ3n) is 4.36. The Labute approximate surface area is 163 Å². The highest BCUT2D eigenvalue weighted by atomic mass is 35.5. The van der Waals surface area contributed by atoms with Crippen molar-refractivity contribution in [2.24, 2.45) is 0 Å². The molecular formula is C19H17ClN4O2S.